The van der Waals surface area contributed by atoms with Crippen LogP contribution in [-0.2, 0) is 0 Å². The highest BCUT2D eigenvalue weighted by molar-refractivity contribution is 5.84. The molecule has 0 aliphatic heterocycles. The van der Waals surface area contributed by atoms with Crippen molar-refractivity contribution in [2.45, 2.75) is 6.92 Å². The summed E-state index contributed by atoms with van der Waals surface area (Å²) < 4.78 is 0. The first-order chi connectivity index (χ1) is 8.25. The van der Waals surface area contributed by atoms with Crippen LogP contribution in [0.3, 0.4) is 0 Å². The molecule has 0 unspecified atom stereocenters. The summed E-state index contributed by atoms with van der Waals surface area (Å²) in [5, 5.41) is 0. The zero-order valence-corrected chi connectivity index (χ0v) is 9.57. The lowest BCUT2D eigenvalue weighted by molar-refractivity contribution is 1.33. The second-order valence-corrected chi connectivity index (χ2v) is 4.14. The van der Waals surface area contributed by atoms with Crippen LogP contribution >= 0.6 is 0 Å². The number of aromatic amines is 1. The summed E-state index contributed by atoms with van der Waals surface area (Å²) in [4.78, 5) is 7.91. The minimum absolute atomic E-state index is 0.740. The lowest BCUT2D eigenvalue weighted by atomic mass is 10.2. The number of para-hydroxylation sites is 2. The summed E-state index contributed by atoms with van der Waals surface area (Å²) in [6.07, 6.45) is 0. The van der Waals surface area contributed by atoms with Crippen LogP contribution in [-0.4, -0.2) is 9.97 Å². The van der Waals surface area contributed by atoms with Gasteiger partial charge in [0.15, 0.2) is 0 Å². The molecule has 3 nitrogen and oxygen atoms in total. The molecule has 84 valence electrons. The van der Waals surface area contributed by atoms with Gasteiger partial charge in [-0.15, -0.1) is 0 Å². The molecule has 3 aromatic rings. The molecule has 0 aliphatic rings. The van der Waals surface area contributed by atoms with Crippen molar-refractivity contribution in [2.24, 2.45) is 0 Å². The maximum atomic E-state index is 5.95. The van der Waals surface area contributed by atoms with Crippen LogP contribution in [0.4, 0.5) is 5.69 Å². The number of H-pyrrole nitrogens is 1. The van der Waals surface area contributed by atoms with Crippen LogP contribution in [0.15, 0.2) is 42.5 Å². The molecule has 0 atom stereocenters. The lowest BCUT2D eigenvalue weighted by Gasteiger charge is -2.00. The Bertz CT molecular complexity index is 683. The molecular weight excluding hydrogens is 210 g/mol. The fourth-order valence-electron chi connectivity index (χ4n) is 2.02. The van der Waals surface area contributed by atoms with E-state index in [1.807, 2.05) is 36.4 Å². The van der Waals surface area contributed by atoms with E-state index in [1.54, 1.807) is 0 Å². The van der Waals surface area contributed by atoms with Gasteiger partial charge in [0.25, 0.3) is 0 Å². The Hall–Kier alpha value is -2.29. The molecule has 1 heterocycles. The largest absolute Gasteiger partial charge is 0.398 e. The number of nitrogens with two attached hydrogens (primary N) is 1. The van der Waals surface area contributed by atoms with E-state index in [0.29, 0.717) is 0 Å². The number of fused-ring (bicyclic) bond motifs is 1. The van der Waals surface area contributed by atoms with Gasteiger partial charge in [-0.1, -0.05) is 24.3 Å². The van der Waals surface area contributed by atoms with E-state index in [1.165, 1.54) is 5.56 Å². The average molecular weight is 223 g/mol. The molecule has 2 aromatic carbocycles. The van der Waals surface area contributed by atoms with Crippen LogP contribution in [0.1, 0.15) is 5.56 Å². The van der Waals surface area contributed by atoms with E-state index >= 15 is 0 Å². The van der Waals surface area contributed by atoms with Gasteiger partial charge in [0.1, 0.15) is 5.82 Å². The third-order valence-corrected chi connectivity index (χ3v) is 2.93. The molecule has 0 spiro atoms. The number of aryl methyl sites for hydroxylation is 1. The van der Waals surface area contributed by atoms with E-state index in [9.17, 15) is 0 Å². The number of nitrogen functional groups attached to an aromatic ring is 1. The van der Waals surface area contributed by atoms with Gasteiger partial charge in [0, 0.05) is 11.3 Å². The molecule has 0 aliphatic carbocycles. The van der Waals surface area contributed by atoms with E-state index in [-0.39, 0.29) is 0 Å². The highest BCUT2D eigenvalue weighted by atomic mass is 14.9. The van der Waals surface area contributed by atoms with E-state index < -0.39 is 0 Å². The summed E-state index contributed by atoms with van der Waals surface area (Å²) in [5.74, 6) is 0.826. The summed E-state index contributed by atoms with van der Waals surface area (Å²) >= 11 is 0. The van der Waals surface area contributed by atoms with Crippen molar-refractivity contribution in [3.05, 3.63) is 48.0 Å². The molecule has 0 saturated carbocycles. The highest BCUT2D eigenvalue weighted by Gasteiger charge is 2.08. The van der Waals surface area contributed by atoms with E-state index in [2.05, 4.69) is 23.0 Å². The molecule has 0 amide bonds. The Balaban J connectivity index is 2.26. The summed E-state index contributed by atoms with van der Waals surface area (Å²) in [7, 11) is 0. The van der Waals surface area contributed by atoms with Crippen molar-refractivity contribution >= 4 is 16.7 Å². The van der Waals surface area contributed by atoms with Gasteiger partial charge in [-0.2, -0.15) is 0 Å². The smallest absolute Gasteiger partial charge is 0.140 e. The molecule has 3 N–H and O–H groups in total. The first kappa shape index (κ1) is 9.90. The van der Waals surface area contributed by atoms with Crippen LogP contribution in [0.25, 0.3) is 22.4 Å². The Morgan fingerprint density at radius 2 is 1.88 bits per heavy atom. The Morgan fingerprint density at radius 3 is 2.65 bits per heavy atom. The van der Waals surface area contributed by atoms with Crippen molar-refractivity contribution in [2.75, 3.05) is 5.73 Å². The molecule has 0 radical (unpaired) electrons. The third-order valence-electron chi connectivity index (χ3n) is 2.93. The Labute approximate surface area is 99.3 Å². The number of imidazole rings is 1. The Morgan fingerprint density at radius 1 is 1.06 bits per heavy atom. The monoisotopic (exact) mass is 223 g/mol. The van der Waals surface area contributed by atoms with Crippen LogP contribution in [0.2, 0.25) is 0 Å². The van der Waals surface area contributed by atoms with Crippen LogP contribution < -0.4 is 5.73 Å². The Kier molecular flexibility index (Phi) is 2.11. The standard InChI is InChI=1S/C14H13N3/c1-9-5-4-8-12-13(9)17-14(16-12)10-6-2-3-7-11(10)15/h2-8H,15H2,1H3,(H,16,17). The summed E-state index contributed by atoms with van der Waals surface area (Å²) in [5.41, 5.74) is 10.9. The zero-order chi connectivity index (χ0) is 11.8. The maximum Gasteiger partial charge on any atom is 0.140 e. The van der Waals surface area contributed by atoms with Gasteiger partial charge in [0.05, 0.1) is 11.0 Å². The fourth-order valence-corrected chi connectivity index (χ4v) is 2.02. The predicted octanol–water partition coefficient (Wildman–Crippen LogP) is 3.12. The average Bonchev–Trinajstić information content (AvgIpc) is 2.75. The van der Waals surface area contributed by atoms with Crippen LogP contribution in [0.5, 0.6) is 0 Å². The number of nitrogens with zero attached hydrogens (tertiary/aromatic N) is 1. The molecule has 1 aromatic heterocycles. The SMILES string of the molecule is Cc1cccc2[nH]c(-c3ccccc3N)nc12. The van der Waals surface area contributed by atoms with Crippen molar-refractivity contribution in [1.82, 2.24) is 9.97 Å². The molecule has 0 fully saturated rings. The van der Waals surface area contributed by atoms with Crippen molar-refractivity contribution in [1.29, 1.82) is 0 Å². The molecular formula is C14H13N3. The van der Waals surface area contributed by atoms with Gasteiger partial charge in [-0.25, -0.2) is 4.98 Å². The van der Waals surface area contributed by atoms with Gasteiger partial charge >= 0.3 is 0 Å². The number of aromatic nitrogens is 2. The number of hydrogen-bond donors (Lipinski definition) is 2. The van der Waals surface area contributed by atoms with Crippen molar-refractivity contribution < 1.29 is 0 Å². The second-order valence-electron chi connectivity index (χ2n) is 4.14. The maximum absolute atomic E-state index is 5.95. The molecule has 17 heavy (non-hydrogen) atoms. The van der Waals surface area contributed by atoms with Crippen molar-refractivity contribution in [3.63, 3.8) is 0 Å². The van der Waals surface area contributed by atoms with Gasteiger partial charge in [-0.05, 0) is 30.7 Å². The third kappa shape index (κ3) is 1.56. The number of nitrogens with one attached hydrogen (secondary N) is 1. The summed E-state index contributed by atoms with van der Waals surface area (Å²) in [6.45, 7) is 2.06. The minimum atomic E-state index is 0.740. The lowest BCUT2D eigenvalue weighted by Crippen LogP contribution is -1.90. The molecule has 0 saturated heterocycles. The molecule has 3 rings (SSSR count). The second kappa shape index (κ2) is 3.63. The number of benzene rings is 2. The quantitative estimate of drug-likeness (QED) is 0.623. The fraction of sp³-hybridized carbons (Fsp3) is 0.0714. The zero-order valence-electron chi connectivity index (χ0n) is 9.57. The van der Waals surface area contributed by atoms with E-state index in [0.717, 1.165) is 28.1 Å². The topological polar surface area (TPSA) is 54.7 Å². The van der Waals surface area contributed by atoms with Crippen LogP contribution in [0, 0.1) is 6.92 Å². The predicted molar refractivity (Wildman–Crippen MR) is 70.7 cm³/mol. The molecule has 3 heteroatoms. The van der Waals surface area contributed by atoms with Gasteiger partial charge in [-0.3, -0.25) is 0 Å². The number of anilines is 1. The first-order valence-corrected chi connectivity index (χ1v) is 5.56. The normalized spacial score (nSPS) is 10.9. The van der Waals surface area contributed by atoms with Gasteiger partial charge < -0.3 is 10.7 Å². The van der Waals surface area contributed by atoms with Gasteiger partial charge in [0.2, 0.25) is 0 Å². The first-order valence-electron chi connectivity index (χ1n) is 5.56. The number of rotatable bonds is 1. The summed E-state index contributed by atoms with van der Waals surface area (Å²) in [6, 6.07) is 13.9. The van der Waals surface area contributed by atoms with E-state index in [4.69, 9.17) is 5.73 Å². The minimum Gasteiger partial charge on any atom is -0.398 e. The van der Waals surface area contributed by atoms with Crippen molar-refractivity contribution in [3.8, 4) is 11.4 Å². The number of hydrogen-bond acceptors (Lipinski definition) is 2. The highest BCUT2D eigenvalue weighted by Crippen LogP contribution is 2.26. The molecule has 0 bridgehead atoms.